The molecule has 0 N–H and O–H groups in total. The summed E-state index contributed by atoms with van der Waals surface area (Å²) in [6.45, 7) is 13.0. The Morgan fingerprint density at radius 2 is 1.14 bits per heavy atom. The van der Waals surface area contributed by atoms with Crippen molar-refractivity contribution in [3.05, 3.63) is 54.1 Å². The second-order valence-corrected chi connectivity index (χ2v) is 8.86. The number of anilines is 1. The lowest BCUT2D eigenvalue weighted by Crippen LogP contribution is -2.21. The van der Waals surface area contributed by atoms with Crippen LogP contribution in [0.25, 0.3) is 0 Å². The fourth-order valence-corrected chi connectivity index (χ4v) is 3.88. The van der Waals surface area contributed by atoms with E-state index in [0.717, 1.165) is 30.0 Å². The highest BCUT2D eigenvalue weighted by atomic mass is 127. The highest BCUT2D eigenvalue weighted by Crippen LogP contribution is 2.26. The summed E-state index contributed by atoms with van der Waals surface area (Å²) < 4.78 is 9.47. The van der Waals surface area contributed by atoms with E-state index in [1.165, 1.54) is 76.3 Å². The minimum Gasteiger partial charge on any atom is -0.372 e. The summed E-state index contributed by atoms with van der Waals surface area (Å²) in [5, 5.41) is 8.60. The van der Waals surface area contributed by atoms with Crippen LogP contribution in [-0.4, -0.2) is 13.1 Å². The molecule has 0 unspecified atom stereocenters. The SMILES string of the molecule is CCCCCCCCCCCCC.CCN(CC)c1ccc(N=Nc2ccccc2)c(C)c1.FI. The van der Waals surface area contributed by atoms with E-state index in [1.54, 1.807) is 0 Å². The first kappa shape index (κ1) is 33.5. The quantitative estimate of drug-likeness (QED) is 0.114. The van der Waals surface area contributed by atoms with Gasteiger partial charge in [-0.1, -0.05) is 103 Å². The smallest absolute Gasteiger partial charge is 0.171 e. The number of unbranched alkanes of at least 4 members (excludes halogenated alkanes) is 10. The number of halogens is 2. The summed E-state index contributed by atoms with van der Waals surface area (Å²) in [5.41, 5.74) is 4.18. The van der Waals surface area contributed by atoms with Crippen LogP contribution in [0.4, 0.5) is 19.9 Å². The van der Waals surface area contributed by atoms with Gasteiger partial charge in [0.15, 0.2) is 23.2 Å². The Morgan fingerprint density at radius 3 is 1.57 bits per heavy atom. The number of benzene rings is 2. The molecular weight excluding hydrogens is 548 g/mol. The Hall–Kier alpha value is -1.50. The van der Waals surface area contributed by atoms with E-state index in [2.05, 4.69) is 61.9 Å². The molecule has 5 heteroatoms. The minimum atomic E-state index is 0.650. The molecule has 0 aliphatic carbocycles. The fourth-order valence-electron chi connectivity index (χ4n) is 3.88. The van der Waals surface area contributed by atoms with E-state index < -0.39 is 0 Å². The normalized spacial score (nSPS) is 10.4. The summed E-state index contributed by atoms with van der Waals surface area (Å²) >= 11 is 0.650. The number of nitrogens with zero attached hydrogens (tertiary/aromatic N) is 3. The average molecular weight is 598 g/mol. The molecule has 0 atom stereocenters. The molecule has 0 saturated carbocycles. The van der Waals surface area contributed by atoms with Gasteiger partial charge in [0.1, 0.15) is 0 Å². The van der Waals surface area contributed by atoms with E-state index in [1.807, 2.05) is 36.4 Å². The molecule has 2 aromatic carbocycles. The molecule has 0 aliphatic rings. The molecular formula is C30H49FIN3. The van der Waals surface area contributed by atoms with E-state index in [-0.39, 0.29) is 0 Å². The number of hydrogen-bond donors (Lipinski definition) is 0. The van der Waals surface area contributed by atoms with Crippen molar-refractivity contribution in [3.8, 4) is 0 Å². The maximum absolute atomic E-state index is 9.47. The van der Waals surface area contributed by atoms with Gasteiger partial charge in [-0.25, -0.2) is 0 Å². The monoisotopic (exact) mass is 597 g/mol. The molecule has 0 fully saturated rings. The molecule has 0 bridgehead atoms. The number of azo groups is 1. The zero-order valence-electron chi connectivity index (χ0n) is 22.9. The first-order chi connectivity index (χ1) is 17.2. The molecule has 2 aromatic rings. The Morgan fingerprint density at radius 1 is 0.657 bits per heavy atom. The lowest BCUT2D eigenvalue weighted by molar-refractivity contribution is 0.554. The lowest BCUT2D eigenvalue weighted by atomic mass is 10.1. The van der Waals surface area contributed by atoms with Gasteiger partial charge in [-0.2, -0.15) is 13.1 Å². The van der Waals surface area contributed by atoms with Crippen molar-refractivity contribution in [3.63, 3.8) is 0 Å². The van der Waals surface area contributed by atoms with E-state index >= 15 is 0 Å². The van der Waals surface area contributed by atoms with Crippen LogP contribution >= 0.6 is 23.2 Å². The van der Waals surface area contributed by atoms with Gasteiger partial charge >= 0.3 is 0 Å². The third kappa shape index (κ3) is 16.7. The Kier molecular flexibility index (Phi) is 23.2. The zero-order chi connectivity index (χ0) is 26.2. The molecule has 0 aliphatic heterocycles. The summed E-state index contributed by atoms with van der Waals surface area (Å²) in [7, 11) is 0. The zero-order valence-corrected chi connectivity index (χ0v) is 25.1. The Labute approximate surface area is 229 Å². The molecule has 0 saturated heterocycles. The molecule has 198 valence electrons. The third-order valence-corrected chi connectivity index (χ3v) is 6.05. The van der Waals surface area contributed by atoms with E-state index in [9.17, 15) is 2.86 Å². The molecule has 3 nitrogen and oxygen atoms in total. The molecule has 35 heavy (non-hydrogen) atoms. The van der Waals surface area contributed by atoms with Gasteiger partial charge in [0.05, 0.1) is 11.4 Å². The summed E-state index contributed by atoms with van der Waals surface area (Å²) in [6, 6.07) is 16.1. The van der Waals surface area contributed by atoms with Crippen LogP contribution in [0, 0.1) is 6.92 Å². The van der Waals surface area contributed by atoms with Crippen LogP contribution in [0.1, 0.15) is 104 Å². The van der Waals surface area contributed by atoms with Crippen molar-refractivity contribution in [2.75, 3.05) is 18.0 Å². The van der Waals surface area contributed by atoms with E-state index in [4.69, 9.17) is 0 Å². The topological polar surface area (TPSA) is 28.0 Å². The van der Waals surface area contributed by atoms with Crippen LogP contribution in [0.15, 0.2) is 58.8 Å². The first-order valence-corrected chi connectivity index (χ1v) is 14.4. The van der Waals surface area contributed by atoms with Gasteiger partial charge in [-0.15, -0.1) is 0 Å². The molecule has 0 radical (unpaired) electrons. The Balaban J connectivity index is 0.000000672. The third-order valence-electron chi connectivity index (χ3n) is 6.05. The van der Waals surface area contributed by atoms with Gasteiger partial charge in [0.2, 0.25) is 0 Å². The standard InChI is InChI=1S/C17H21N3.C13H28.FI/c1-4-20(5-2)16-11-12-17(14(3)13-16)19-18-15-9-7-6-8-10-15;1-3-5-7-9-11-13-12-10-8-6-4-2;1-2/h6-13H,4-5H2,1-3H3;3-13H2,1-2H3;. The van der Waals surface area contributed by atoms with Crippen molar-refractivity contribution in [2.24, 2.45) is 10.2 Å². The van der Waals surface area contributed by atoms with Crippen LogP contribution in [-0.2, 0) is 0 Å². The summed E-state index contributed by atoms with van der Waals surface area (Å²) in [5.74, 6) is 0. The first-order valence-electron chi connectivity index (χ1n) is 13.6. The number of rotatable bonds is 15. The highest BCUT2D eigenvalue weighted by molar-refractivity contribution is 14.1. The maximum atomic E-state index is 9.47. The summed E-state index contributed by atoms with van der Waals surface area (Å²) in [4.78, 5) is 2.32. The number of hydrogen-bond acceptors (Lipinski definition) is 3. The van der Waals surface area contributed by atoms with Crippen LogP contribution in [0.2, 0.25) is 0 Å². The minimum absolute atomic E-state index is 0.650. The number of aryl methyl sites for hydroxylation is 1. The van der Waals surface area contributed by atoms with Crippen LogP contribution in [0.3, 0.4) is 0 Å². The molecule has 0 aromatic heterocycles. The van der Waals surface area contributed by atoms with E-state index in [0.29, 0.717) is 23.2 Å². The van der Waals surface area contributed by atoms with Crippen molar-refractivity contribution < 1.29 is 2.86 Å². The fraction of sp³-hybridized carbons (Fsp3) is 0.600. The maximum Gasteiger partial charge on any atom is 0.171 e. The van der Waals surface area contributed by atoms with Gasteiger partial charge in [0.25, 0.3) is 0 Å². The highest BCUT2D eigenvalue weighted by Gasteiger charge is 2.04. The van der Waals surface area contributed by atoms with Crippen molar-refractivity contribution >= 4 is 40.2 Å². The average Bonchev–Trinajstić information content (AvgIpc) is 2.90. The van der Waals surface area contributed by atoms with Gasteiger partial charge < -0.3 is 4.90 Å². The molecule has 0 spiro atoms. The predicted molar refractivity (Wildman–Crippen MR) is 163 cm³/mol. The van der Waals surface area contributed by atoms with Crippen LogP contribution in [0.5, 0.6) is 0 Å². The van der Waals surface area contributed by atoms with Crippen molar-refractivity contribution in [1.29, 1.82) is 0 Å². The van der Waals surface area contributed by atoms with Crippen molar-refractivity contribution in [1.82, 2.24) is 0 Å². The second-order valence-electron chi connectivity index (χ2n) is 8.86. The molecule has 0 amide bonds. The predicted octanol–water partition coefficient (Wildman–Crippen LogP) is 11.9. The van der Waals surface area contributed by atoms with Gasteiger partial charge in [-0.05, 0) is 56.7 Å². The molecule has 0 heterocycles. The van der Waals surface area contributed by atoms with Crippen molar-refractivity contribution in [2.45, 2.75) is 105 Å². The molecule has 2 rings (SSSR count). The second kappa shape index (κ2) is 24.2. The Bertz CT molecular complexity index is 739. The lowest BCUT2D eigenvalue weighted by Gasteiger charge is -2.21. The van der Waals surface area contributed by atoms with Crippen LogP contribution < -0.4 is 4.90 Å². The largest absolute Gasteiger partial charge is 0.372 e. The summed E-state index contributed by atoms with van der Waals surface area (Å²) in [6.07, 6.45) is 15.9. The van der Waals surface area contributed by atoms with Gasteiger partial charge in [-0.3, -0.25) is 0 Å². The van der Waals surface area contributed by atoms with Gasteiger partial charge in [0, 0.05) is 18.8 Å².